The fourth-order valence-corrected chi connectivity index (χ4v) is 2.41. The summed E-state index contributed by atoms with van der Waals surface area (Å²) in [5, 5.41) is 5.55. The first-order chi connectivity index (χ1) is 12.6. The van der Waals surface area contributed by atoms with Crippen molar-refractivity contribution in [1.29, 1.82) is 0 Å². The summed E-state index contributed by atoms with van der Waals surface area (Å²) in [4.78, 5) is 25.0. The Balaban J connectivity index is 1.78. The van der Waals surface area contributed by atoms with Gasteiger partial charge in [0.1, 0.15) is 17.2 Å². The van der Waals surface area contributed by atoms with Crippen molar-refractivity contribution in [2.45, 2.75) is 6.54 Å². The number of benzene rings is 1. The molecule has 0 aliphatic rings. The quantitative estimate of drug-likeness (QED) is 0.649. The minimum absolute atomic E-state index is 0.0245. The number of carbonyl (C=O) groups excluding carboxylic acids is 2. The van der Waals surface area contributed by atoms with Crippen LogP contribution in [0.5, 0.6) is 0 Å². The van der Waals surface area contributed by atoms with Gasteiger partial charge in [0, 0.05) is 6.08 Å². The molecular weight excluding hydrogens is 356 g/mol. The third-order valence-electron chi connectivity index (χ3n) is 3.44. The van der Waals surface area contributed by atoms with Crippen LogP contribution in [-0.4, -0.2) is 11.8 Å². The van der Waals surface area contributed by atoms with Gasteiger partial charge in [0.15, 0.2) is 0 Å². The fourth-order valence-electron chi connectivity index (χ4n) is 2.18. The molecule has 0 atom stereocenters. The van der Waals surface area contributed by atoms with Gasteiger partial charge in [-0.05, 0) is 36.4 Å². The molecule has 132 valence electrons. The molecule has 0 spiro atoms. The highest BCUT2D eigenvalue weighted by atomic mass is 35.5. The van der Waals surface area contributed by atoms with Crippen molar-refractivity contribution in [2.75, 3.05) is 0 Å². The van der Waals surface area contributed by atoms with E-state index in [1.807, 2.05) is 0 Å². The molecule has 0 fully saturated rings. The van der Waals surface area contributed by atoms with Gasteiger partial charge in [-0.1, -0.05) is 23.7 Å². The maximum Gasteiger partial charge on any atom is 0.268 e. The van der Waals surface area contributed by atoms with Gasteiger partial charge in [-0.25, -0.2) is 0 Å². The number of halogens is 1. The Labute approximate surface area is 154 Å². The van der Waals surface area contributed by atoms with Crippen LogP contribution in [0.1, 0.15) is 21.9 Å². The van der Waals surface area contributed by atoms with E-state index in [2.05, 4.69) is 10.6 Å². The lowest BCUT2D eigenvalue weighted by molar-refractivity contribution is -0.118. The molecule has 2 amide bonds. The first kappa shape index (κ1) is 17.6. The number of amides is 2. The molecule has 0 aliphatic heterocycles. The number of hydrogen-bond donors (Lipinski definition) is 2. The van der Waals surface area contributed by atoms with Gasteiger partial charge in [-0.15, -0.1) is 0 Å². The van der Waals surface area contributed by atoms with Crippen molar-refractivity contribution in [1.82, 2.24) is 10.6 Å². The lowest BCUT2D eigenvalue weighted by Gasteiger charge is -2.11. The van der Waals surface area contributed by atoms with E-state index in [1.54, 1.807) is 48.5 Å². The molecule has 2 heterocycles. The smallest absolute Gasteiger partial charge is 0.268 e. The van der Waals surface area contributed by atoms with E-state index in [0.29, 0.717) is 16.5 Å². The third kappa shape index (κ3) is 4.43. The Morgan fingerprint density at radius 2 is 1.77 bits per heavy atom. The van der Waals surface area contributed by atoms with Crippen LogP contribution in [0.4, 0.5) is 0 Å². The summed E-state index contributed by atoms with van der Waals surface area (Å²) in [6.45, 7) is 0.184. The monoisotopic (exact) mass is 370 g/mol. The molecule has 0 radical (unpaired) electrons. The zero-order valence-electron chi connectivity index (χ0n) is 13.6. The Bertz CT molecular complexity index is 915. The van der Waals surface area contributed by atoms with Crippen LogP contribution >= 0.6 is 11.6 Å². The molecule has 6 nitrogen and oxygen atoms in total. The predicted molar refractivity (Wildman–Crippen MR) is 96.2 cm³/mol. The average molecular weight is 371 g/mol. The predicted octanol–water partition coefficient (Wildman–Crippen LogP) is 3.61. The topological polar surface area (TPSA) is 84.5 Å². The highest BCUT2D eigenvalue weighted by Crippen LogP contribution is 2.15. The Morgan fingerprint density at radius 1 is 1.00 bits per heavy atom. The maximum absolute atomic E-state index is 12.5. The van der Waals surface area contributed by atoms with Gasteiger partial charge in [-0.3, -0.25) is 9.59 Å². The van der Waals surface area contributed by atoms with Crippen molar-refractivity contribution in [3.8, 4) is 0 Å². The molecule has 0 bridgehead atoms. The van der Waals surface area contributed by atoms with Crippen molar-refractivity contribution in [3.05, 3.63) is 88.9 Å². The highest BCUT2D eigenvalue weighted by Gasteiger charge is 2.17. The molecule has 2 aromatic heterocycles. The van der Waals surface area contributed by atoms with Crippen molar-refractivity contribution >= 4 is 29.5 Å². The van der Waals surface area contributed by atoms with Crippen LogP contribution in [0.25, 0.3) is 6.08 Å². The van der Waals surface area contributed by atoms with Crippen LogP contribution in [0.3, 0.4) is 0 Å². The van der Waals surface area contributed by atoms with Crippen LogP contribution in [0.2, 0.25) is 5.02 Å². The number of carbonyl (C=O) groups is 2. The molecule has 2 N–H and O–H groups in total. The lowest BCUT2D eigenvalue weighted by Crippen LogP contribution is -2.34. The summed E-state index contributed by atoms with van der Waals surface area (Å²) in [6.07, 6.45) is 4.42. The standard InChI is InChI=1S/C19H15ClN2O4/c20-16-8-2-1-7-15(16)18(23)22-17(11-13-5-3-9-25-13)19(24)21-12-14-6-4-10-26-14/h1-11H,12H2,(H,21,24)(H,22,23)/b17-11+. The first-order valence-corrected chi connectivity index (χ1v) is 8.13. The summed E-state index contributed by atoms with van der Waals surface area (Å²) in [5.41, 5.74) is 0.287. The maximum atomic E-state index is 12.5. The van der Waals surface area contributed by atoms with Crippen molar-refractivity contribution < 1.29 is 18.4 Å². The van der Waals surface area contributed by atoms with Gasteiger partial charge >= 0.3 is 0 Å². The molecule has 0 unspecified atom stereocenters. The SMILES string of the molecule is O=C(NCc1ccco1)/C(=C\c1ccco1)NC(=O)c1ccccc1Cl. The average Bonchev–Trinajstić information content (AvgIpc) is 3.33. The summed E-state index contributed by atoms with van der Waals surface area (Å²) in [5.74, 6) is 0.0282. The van der Waals surface area contributed by atoms with E-state index in [-0.39, 0.29) is 17.8 Å². The van der Waals surface area contributed by atoms with Crippen LogP contribution in [-0.2, 0) is 11.3 Å². The van der Waals surface area contributed by atoms with Gasteiger partial charge in [-0.2, -0.15) is 0 Å². The number of rotatable bonds is 6. The van der Waals surface area contributed by atoms with E-state index in [1.165, 1.54) is 18.6 Å². The molecule has 26 heavy (non-hydrogen) atoms. The number of nitrogens with one attached hydrogen (secondary N) is 2. The minimum atomic E-state index is -0.499. The van der Waals surface area contributed by atoms with Gasteiger partial charge in [0.05, 0.1) is 29.7 Å². The molecule has 7 heteroatoms. The van der Waals surface area contributed by atoms with E-state index >= 15 is 0 Å². The number of hydrogen-bond acceptors (Lipinski definition) is 4. The minimum Gasteiger partial charge on any atom is -0.467 e. The Hall–Kier alpha value is -3.25. The van der Waals surface area contributed by atoms with Gasteiger partial charge in [0.25, 0.3) is 11.8 Å². The van der Waals surface area contributed by atoms with E-state index < -0.39 is 11.8 Å². The zero-order valence-corrected chi connectivity index (χ0v) is 14.3. The number of furan rings is 2. The van der Waals surface area contributed by atoms with Gasteiger partial charge < -0.3 is 19.5 Å². The molecule has 1 aromatic carbocycles. The van der Waals surface area contributed by atoms with Crippen molar-refractivity contribution in [3.63, 3.8) is 0 Å². The van der Waals surface area contributed by atoms with E-state index in [0.717, 1.165) is 0 Å². The second-order valence-electron chi connectivity index (χ2n) is 5.27. The summed E-state index contributed by atoms with van der Waals surface area (Å²) >= 11 is 6.04. The second-order valence-corrected chi connectivity index (χ2v) is 5.68. The van der Waals surface area contributed by atoms with E-state index in [4.69, 9.17) is 20.4 Å². The summed E-state index contributed by atoms with van der Waals surface area (Å²) in [7, 11) is 0. The summed E-state index contributed by atoms with van der Waals surface area (Å²) < 4.78 is 10.4. The molecule has 0 aliphatic carbocycles. The molecule has 0 saturated heterocycles. The lowest BCUT2D eigenvalue weighted by atomic mass is 10.2. The summed E-state index contributed by atoms with van der Waals surface area (Å²) in [6, 6.07) is 13.4. The zero-order chi connectivity index (χ0) is 18.4. The van der Waals surface area contributed by atoms with Crippen LogP contribution < -0.4 is 10.6 Å². The van der Waals surface area contributed by atoms with E-state index in [9.17, 15) is 9.59 Å². The highest BCUT2D eigenvalue weighted by molar-refractivity contribution is 6.34. The Kier molecular flexibility index (Phi) is 5.56. The van der Waals surface area contributed by atoms with Crippen molar-refractivity contribution in [2.24, 2.45) is 0 Å². The molecular formula is C19H15ClN2O4. The molecule has 3 aromatic rings. The molecule has 0 saturated carbocycles. The largest absolute Gasteiger partial charge is 0.467 e. The normalized spacial score (nSPS) is 11.2. The fraction of sp³-hybridized carbons (Fsp3) is 0.0526. The van der Waals surface area contributed by atoms with Gasteiger partial charge in [0.2, 0.25) is 0 Å². The first-order valence-electron chi connectivity index (χ1n) is 7.75. The Morgan fingerprint density at radius 3 is 2.46 bits per heavy atom. The van der Waals surface area contributed by atoms with Crippen LogP contribution in [0, 0.1) is 0 Å². The second kappa shape index (κ2) is 8.22. The third-order valence-corrected chi connectivity index (χ3v) is 3.77. The molecule has 3 rings (SSSR count). The van der Waals surface area contributed by atoms with Crippen LogP contribution in [0.15, 0.2) is 75.6 Å².